The third-order valence-electron chi connectivity index (χ3n) is 1.63. The Labute approximate surface area is 79.9 Å². The molecule has 13 heavy (non-hydrogen) atoms. The third-order valence-corrected chi connectivity index (χ3v) is 2.30. The smallest absolute Gasteiger partial charge is 0.332 e. The van der Waals surface area contributed by atoms with Crippen molar-refractivity contribution in [2.45, 2.75) is 5.54 Å². The lowest BCUT2D eigenvalue weighted by molar-refractivity contribution is -0.146. The molecular weight excluding hydrogens is 192 g/mol. The summed E-state index contributed by atoms with van der Waals surface area (Å²) in [4.78, 5) is 21.1. The first kappa shape index (κ1) is 11.9. The van der Waals surface area contributed by atoms with Crippen LogP contribution in [0.1, 0.15) is 0 Å². The second-order valence-corrected chi connectivity index (χ2v) is 3.40. The van der Waals surface area contributed by atoms with Crippen LogP contribution in [0.5, 0.6) is 0 Å². The maximum Gasteiger partial charge on any atom is 0.332 e. The molecular formula is C7H10N2O3S. The van der Waals surface area contributed by atoms with Crippen molar-refractivity contribution in [2.24, 2.45) is 11.7 Å². The summed E-state index contributed by atoms with van der Waals surface area (Å²) in [6, 6.07) is 1.72. The maximum atomic E-state index is 10.6. The van der Waals surface area contributed by atoms with Crippen LogP contribution in [0.3, 0.4) is 0 Å². The number of hydrogen-bond acceptors (Lipinski definition) is 5. The second kappa shape index (κ2) is 4.84. The molecule has 0 aromatic carbocycles. The fourth-order valence-electron chi connectivity index (χ4n) is 0.730. The van der Waals surface area contributed by atoms with Crippen LogP contribution in [0.15, 0.2) is 0 Å². The van der Waals surface area contributed by atoms with E-state index >= 15 is 0 Å². The van der Waals surface area contributed by atoms with Gasteiger partial charge in [0.1, 0.15) is 0 Å². The Balaban J connectivity index is 4.82. The predicted octanol–water partition coefficient (Wildman–Crippen LogP) is -0.530. The molecule has 0 rings (SSSR count). The molecule has 2 atom stereocenters. The van der Waals surface area contributed by atoms with E-state index in [1.165, 1.54) is 11.8 Å². The van der Waals surface area contributed by atoms with E-state index in [1.54, 1.807) is 12.3 Å². The number of aldehydes is 1. The lowest BCUT2D eigenvalue weighted by atomic mass is 9.89. The second-order valence-electron chi connectivity index (χ2n) is 2.49. The molecule has 0 aromatic rings. The van der Waals surface area contributed by atoms with E-state index in [0.717, 1.165) is 0 Å². The summed E-state index contributed by atoms with van der Waals surface area (Å²) < 4.78 is 0. The zero-order valence-corrected chi connectivity index (χ0v) is 7.87. The van der Waals surface area contributed by atoms with E-state index < -0.39 is 17.4 Å². The Morgan fingerprint density at radius 1 is 1.92 bits per heavy atom. The summed E-state index contributed by atoms with van der Waals surface area (Å²) in [7, 11) is 0. The van der Waals surface area contributed by atoms with Gasteiger partial charge in [-0.05, 0) is 6.26 Å². The molecule has 0 aromatic heterocycles. The Bertz CT molecular complexity index is 251. The van der Waals surface area contributed by atoms with Crippen molar-refractivity contribution in [1.82, 2.24) is 0 Å². The summed E-state index contributed by atoms with van der Waals surface area (Å²) in [6.45, 7) is 0. The fourth-order valence-corrected chi connectivity index (χ4v) is 1.41. The molecule has 0 aliphatic carbocycles. The minimum Gasteiger partial charge on any atom is -0.480 e. The number of carbonyl (C=O) groups is 2. The highest BCUT2D eigenvalue weighted by atomic mass is 32.2. The van der Waals surface area contributed by atoms with Gasteiger partial charge in [0.05, 0.1) is 12.0 Å². The van der Waals surface area contributed by atoms with Crippen molar-refractivity contribution in [3.05, 3.63) is 0 Å². The Morgan fingerprint density at radius 3 is 2.69 bits per heavy atom. The number of nitriles is 1. The van der Waals surface area contributed by atoms with E-state index in [1.807, 2.05) is 0 Å². The number of carboxylic acids is 1. The average Bonchev–Trinajstić information content (AvgIpc) is 2.12. The highest BCUT2D eigenvalue weighted by molar-refractivity contribution is 7.98. The first-order valence-corrected chi connectivity index (χ1v) is 4.79. The quantitative estimate of drug-likeness (QED) is 0.458. The predicted molar refractivity (Wildman–Crippen MR) is 48.1 cm³/mol. The number of hydrogen-bond donors (Lipinski definition) is 2. The van der Waals surface area contributed by atoms with Gasteiger partial charge in [0.15, 0.2) is 11.8 Å². The summed E-state index contributed by atoms with van der Waals surface area (Å²) >= 11 is 1.27. The molecule has 0 saturated heterocycles. The molecule has 0 aliphatic rings. The van der Waals surface area contributed by atoms with Gasteiger partial charge >= 0.3 is 5.97 Å². The summed E-state index contributed by atoms with van der Waals surface area (Å²) in [5.41, 5.74) is 3.19. The standard InChI is InChI=1S/C7H10N2O3S/c1-13-3-5(2-8)7(9,4-10)6(11)12/h4-5H,3,9H2,1H3,(H,11,12). The van der Waals surface area contributed by atoms with Crippen LogP contribution in [0.2, 0.25) is 0 Å². The van der Waals surface area contributed by atoms with Crippen LogP contribution in [-0.4, -0.2) is 34.9 Å². The van der Waals surface area contributed by atoms with Gasteiger partial charge in [-0.3, -0.25) is 0 Å². The third kappa shape index (κ3) is 2.44. The normalized spacial score (nSPS) is 16.7. The summed E-state index contributed by atoms with van der Waals surface area (Å²) in [5, 5.41) is 17.3. The Hall–Kier alpha value is -1.06. The number of carbonyl (C=O) groups excluding carboxylic acids is 1. The van der Waals surface area contributed by atoms with Crippen molar-refractivity contribution in [1.29, 1.82) is 5.26 Å². The van der Waals surface area contributed by atoms with Crippen LogP contribution in [-0.2, 0) is 9.59 Å². The number of carboxylic acid groups (broad SMARTS) is 1. The van der Waals surface area contributed by atoms with E-state index in [-0.39, 0.29) is 12.0 Å². The number of rotatable bonds is 5. The van der Waals surface area contributed by atoms with Gasteiger partial charge in [-0.15, -0.1) is 0 Å². The first-order valence-electron chi connectivity index (χ1n) is 3.40. The van der Waals surface area contributed by atoms with Gasteiger partial charge in [-0.1, -0.05) is 0 Å². The molecule has 0 radical (unpaired) electrons. The van der Waals surface area contributed by atoms with Crippen LogP contribution in [0, 0.1) is 17.2 Å². The van der Waals surface area contributed by atoms with Gasteiger partial charge in [-0.25, -0.2) is 4.79 Å². The summed E-state index contributed by atoms with van der Waals surface area (Å²) in [6.07, 6.45) is 1.82. The average molecular weight is 202 g/mol. The van der Waals surface area contributed by atoms with E-state index in [9.17, 15) is 9.59 Å². The van der Waals surface area contributed by atoms with Crippen molar-refractivity contribution in [3.8, 4) is 6.07 Å². The Morgan fingerprint density at radius 2 is 2.46 bits per heavy atom. The van der Waals surface area contributed by atoms with Crippen molar-refractivity contribution >= 4 is 24.0 Å². The van der Waals surface area contributed by atoms with Gasteiger partial charge in [-0.2, -0.15) is 17.0 Å². The highest BCUT2D eigenvalue weighted by Crippen LogP contribution is 2.16. The number of nitrogens with zero attached hydrogens (tertiary/aromatic N) is 1. The molecule has 0 aliphatic heterocycles. The molecule has 0 amide bonds. The topological polar surface area (TPSA) is 104 Å². The zero-order valence-electron chi connectivity index (χ0n) is 7.06. The molecule has 72 valence electrons. The van der Waals surface area contributed by atoms with Crippen molar-refractivity contribution in [3.63, 3.8) is 0 Å². The van der Waals surface area contributed by atoms with E-state index in [0.29, 0.717) is 0 Å². The number of aliphatic carboxylic acids is 1. The minimum absolute atomic E-state index is 0.111. The lowest BCUT2D eigenvalue weighted by Crippen LogP contribution is -2.56. The summed E-state index contributed by atoms with van der Waals surface area (Å²) in [5.74, 6) is -2.25. The van der Waals surface area contributed by atoms with Gasteiger partial charge in [0, 0.05) is 5.75 Å². The number of nitrogens with two attached hydrogens (primary N) is 1. The molecule has 0 bridgehead atoms. The molecule has 2 unspecified atom stereocenters. The number of thioether (sulfide) groups is 1. The SMILES string of the molecule is CSCC(C#N)C(N)(C=O)C(=O)O. The van der Waals surface area contributed by atoms with Crippen LogP contribution in [0.4, 0.5) is 0 Å². The molecule has 5 nitrogen and oxygen atoms in total. The highest BCUT2D eigenvalue weighted by Gasteiger charge is 2.42. The van der Waals surface area contributed by atoms with Crippen LogP contribution in [0.25, 0.3) is 0 Å². The Kier molecular flexibility index (Phi) is 4.45. The largest absolute Gasteiger partial charge is 0.480 e. The molecule has 0 saturated carbocycles. The first-order chi connectivity index (χ1) is 6.02. The van der Waals surface area contributed by atoms with Crippen molar-refractivity contribution in [2.75, 3.05) is 12.0 Å². The van der Waals surface area contributed by atoms with Gasteiger partial charge < -0.3 is 15.6 Å². The van der Waals surface area contributed by atoms with Crippen LogP contribution >= 0.6 is 11.8 Å². The molecule has 6 heteroatoms. The molecule has 0 spiro atoms. The lowest BCUT2D eigenvalue weighted by Gasteiger charge is -2.22. The molecule has 0 heterocycles. The maximum absolute atomic E-state index is 10.6. The van der Waals surface area contributed by atoms with Gasteiger partial charge in [0.25, 0.3) is 0 Å². The van der Waals surface area contributed by atoms with Crippen molar-refractivity contribution < 1.29 is 14.7 Å². The monoisotopic (exact) mass is 202 g/mol. The minimum atomic E-state index is -2.09. The van der Waals surface area contributed by atoms with Gasteiger partial charge in [0.2, 0.25) is 0 Å². The fraction of sp³-hybridized carbons (Fsp3) is 0.571. The molecule has 0 fully saturated rings. The zero-order chi connectivity index (χ0) is 10.5. The van der Waals surface area contributed by atoms with E-state index in [4.69, 9.17) is 16.1 Å². The molecule has 3 N–H and O–H groups in total. The van der Waals surface area contributed by atoms with E-state index in [2.05, 4.69) is 0 Å². The van der Waals surface area contributed by atoms with Crippen LogP contribution < -0.4 is 5.73 Å².